The number of carbonyl (C=O) groups is 1. The molecule has 0 spiro atoms. The van der Waals surface area contributed by atoms with Gasteiger partial charge in [0, 0.05) is 0 Å². The molecule has 19 heavy (non-hydrogen) atoms. The third-order valence-corrected chi connectivity index (χ3v) is 2.20. The predicted molar refractivity (Wildman–Crippen MR) is 60.7 cm³/mol. The first-order chi connectivity index (χ1) is 8.81. The fourth-order valence-electron chi connectivity index (χ4n) is 1.08. The van der Waals surface area contributed by atoms with Crippen LogP contribution in [0.3, 0.4) is 0 Å². The Hall–Kier alpha value is -1.94. The number of halogens is 4. The van der Waals surface area contributed by atoms with Crippen LogP contribution in [0, 0.1) is 11.3 Å². The van der Waals surface area contributed by atoms with Gasteiger partial charge in [-0.2, -0.15) is 18.4 Å². The molecule has 8 heteroatoms. The van der Waals surface area contributed by atoms with Gasteiger partial charge < -0.3 is 10.1 Å². The van der Waals surface area contributed by atoms with Gasteiger partial charge in [-0.1, -0.05) is 11.6 Å². The fraction of sp³-hybridized carbons (Fsp3) is 0.273. The van der Waals surface area contributed by atoms with Crippen LogP contribution in [0.2, 0.25) is 5.02 Å². The monoisotopic (exact) mass is 292 g/mol. The molecule has 0 saturated heterocycles. The van der Waals surface area contributed by atoms with Gasteiger partial charge in [0.15, 0.2) is 6.61 Å². The Morgan fingerprint density at radius 3 is 2.68 bits per heavy atom. The van der Waals surface area contributed by atoms with E-state index in [4.69, 9.17) is 21.6 Å². The van der Waals surface area contributed by atoms with Crippen LogP contribution in [0.25, 0.3) is 0 Å². The first-order valence-electron chi connectivity index (χ1n) is 4.98. The molecule has 0 radical (unpaired) electrons. The topological polar surface area (TPSA) is 62.1 Å². The van der Waals surface area contributed by atoms with Gasteiger partial charge in [-0.25, -0.2) is 0 Å². The van der Waals surface area contributed by atoms with E-state index in [9.17, 15) is 18.0 Å². The van der Waals surface area contributed by atoms with Crippen molar-refractivity contribution in [3.63, 3.8) is 0 Å². The second kappa shape index (κ2) is 6.29. The number of nitriles is 1. The molecule has 0 aromatic heterocycles. The van der Waals surface area contributed by atoms with Gasteiger partial charge in [-0.3, -0.25) is 4.79 Å². The summed E-state index contributed by atoms with van der Waals surface area (Å²) < 4.78 is 40.4. The number of ether oxygens (including phenoxy) is 1. The number of rotatable bonds is 4. The lowest BCUT2D eigenvalue weighted by Gasteiger charge is -2.10. The summed E-state index contributed by atoms with van der Waals surface area (Å²) in [6.07, 6.45) is -4.47. The van der Waals surface area contributed by atoms with Crippen molar-refractivity contribution in [2.45, 2.75) is 6.18 Å². The van der Waals surface area contributed by atoms with E-state index in [1.807, 2.05) is 6.07 Å². The summed E-state index contributed by atoms with van der Waals surface area (Å²) in [5.74, 6) is -0.805. The normalized spacial score (nSPS) is 10.7. The van der Waals surface area contributed by atoms with E-state index < -0.39 is 25.2 Å². The quantitative estimate of drug-likeness (QED) is 0.926. The van der Waals surface area contributed by atoms with Crippen molar-refractivity contribution in [1.29, 1.82) is 5.26 Å². The molecule has 1 aromatic rings. The summed E-state index contributed by atoms with van der Waals surface area (Å²) in [5.41, 5.74) is 0.305. The lowest BCUT2D eigenvalue weighted by atomic mass is 10.2. The molecule has 0 aliphatic carbocycles. The summed E-state index contributed by atoms with van der Waals surface area (Å²) in [6, 6.07) is 5.95. The van der Waals surface area contributed by atoms with Crippen LogP contribution in [0.5, 0.6) is 5.75 Å². The van der Waals surface area contributed by atoms with Crippen molar-refractivity contribution in [3.05, 3.63) is 28.8 Å². The van der Waals surface area contributed by atoms with E-state index >= 15 is 0 Å². The number of alkyl halides is 3. The Labute approximate surface area is 111 Å². The van der Waals surface area contributed by atoms with Gasteiger partial charge in [0.1, 0.15) is 12.3 Å². The van der Waals surface area contributed by atoms with Crippen LogP contribution in [-0.2, 0) is 4.79 Å². The Balaban J connectivity index is 2.49. The second-order valence-electron chi connectivity index (χ2n) is 3.44. The first kappa shape index (κ1) is 15.1. The van der Waals surface area contributed by atoms with Gasteiger partial charge in [0.2, 0.25) is 0 Å². The van der Waals surface area contributed by atoms with E-state index in [1.165, 1.54) is 18.2 Å². The van der Waals surface area contributed by atoms with Crippen molar-refractivity contribution in [1.82, 2.24) is 5.32 Å². The molecule has 4 nitrogen and oxygen atoms in total. The molecule has 1 N–H and O–H groups in total. The minimum absolute atomic E-state index is 0.0997. The van der Waals surface area contributed by atoms with Gasteiger partial charge in [-0.05, 0) is 18.2 Å². The molecule has 0 unspecified atom stereocenters. The van der Waals surface area contributed by atoms with Crippen LogP contribution >= 0.6 is 11.6 Å². The van der Waals surface area contributed by atoms with Crippen molar-refractivity contribution in [3.8, 4) is 11.8 Å². The second-order valence-corrected chi connectivity index (χ2v) is 3.84. The van der Waals surface area contributed by atoms with Crippen LogP contribution in [0.4, 0.5) is 13.2 Å². The lowest BCUT2D eigenvalue weighted by Crippen LogP contribution is -2.36. The third kappa shape index (κ3) is 5.48. The first-order valence-corrected chi connectivity index (χ1v) is 5.35. The molecule has 0 aliphatic heterocycles. The number of carbonyl (C=O) groups excluding carboxylic acids is 1. The number of hydrogen-bond acceptors (Lipinski definition) is 3. The molecular weight excluding hydrogens is 285 g/mol. The predicted octanol–water partition coefficient (Wildman–Crippen LogP) is 2.27. The average Bonchev–Trinajstić information content (AvgIpc) is 2.34. The van der Waals surface area contributed by atoms with E-state index in [-0.39, 0.29) is 10.8 Å². The zero-order valence-electron chi connectivity index (χ0n) is 9.42. The van der Waals surface area contributed by atoms with Crippen LogP contribution in [0.15, 0.2) is 18.2 Å². The SMILES string of the molecule is N#Cc1ccc(OCC(=O)NCC(F)(F)F)c(Cl)c1. The molecule has 0 aliphatic rings. The van der Waals surface area contributed by atoms with Crippen LogP contribution in [-0.4, -0.2) is 25.2 Å². The van der Waals surface area contributed by atoms with E-state index in [1.54, 1.807) is 5.32 Å². The number of nitrogens with one attached hydrogen (secondary N) is 1. The Morgan fingerprint density at radius 2 is 2.16 bits per heavy atom. The van der Waals surface area contributed by atoms with Gasteiger partial charge >= 0.3 is 6.18 Å². The molecule has 0 atom stereocenters. The van der Waals surface area contributed by atoms with Crippen LogP contribution in [0.1, 0.15) is 5.56 Å². The maximum atomic E-state index is 11.8. The zero-order chi connectivity index (χ0) is 14.5. The Bertz CT molecular complexity index is 512. The Morgan fingerprint density at radius 1 is 1.47 bits per heavy atom. The minimum Gasteiger partial charge on any atom is -0.482 e. The maximum absolute atomic E-state index is 11.8. The molecule has 1 aromatic carbocycles. The molecule has 1 amide bonds. The highest BCUT2D eigenvalue weighted by atomic mass is 35.5. The fourth-order valence-corrected chi connectivity index (χ4v) is 1.32. The number of amides is 1. The van der Waals surface area contributed by atoms with Gasteiger partial charge in [0.25, 0.3) is 5.91 Å². The van der Waals surface area contributed by atoms with E-state index in [2.05, 4.69) is 0 Å². The van der Waals surface area contributed by atoms with E-state index in [0.29, 0.717) is 5.56 Å². The largest absolute Gasteiger partial charge is 0.482 e. The van der Waals surface area contributed by atoms with Crippen LogP contribution < -0.4 is 10.1 Å². The number of hydrogen-bond donors (Lipinski definition) is 1. The third-order valence-electron chi connectivity index (χ3n) is 1.91. The lowest BCUT2D eigenvalue weighted by molar-refractivity contribution is -0.139. The van der Waals surface area contributed by atoms with E-state index in [0.717, 1.165) is 0 Å². The molecular formula is C11H8ClF3N2O2. The van der Waals surface area contributed by atoms with Gasteiger partial charge in [-0.15, -0.1) is 0 Å². The summed E-state index contributed by atoms with van der Waals surface area (Å²) in [4.78, 5) is 11.1. The van der Waals surface area contributed by atoms with Crippen molar-refractivity contribution < 1.29 is 22.7 Å². The Kier molecular flexibility index (Phi) is 5.01. The highest BCUT2D eigenvalue weighted by Gasteiger charge is 2.27. The smallest absolute Gasteiger partial charge is 0.405 e. The summed E-state index contributed by atoms with van der Waals surface area (Å²) in [7, 11) is 0. The molecule has 1 rings (SSSR count). The summed E-state index contributed by atoms with van der Waals surface area (Å²) >= 11 is 5.75. The summed E-state index contributed by atoms with van der Waals surface area (Å²) in [5, 5.41) is 10.3. The summed E-state index contributed by atoms with van der Waals surface area (Å²) in [6.45, 7) is -2.02. The molecule has 0 fully saturated rings. The highest BCUT2D eigenvalue weighted by molar-refractivity contribution is 6.32. The van der Waals surface area contributed by atoms with Crippen molar-refractivity contribution in [2.75, 3.05) is 13.2 Å². The molecule has 102 valence electrons. The number of nitrogens with zero attached hydrogens (tertiary/aromatic N) is 1. The highest BCUT2D eigenvalue weighted by Crippen LogP contribution is 2.25. The standard InChI is InChI=1S/C11H8ClF3N2O2/c12-8-3-7(4-16)1-2-9(8)19-5-10(18)17-6-11(13,14)15/h1-3H,5-6H2,(H,17,18). The van der Waals surface area contributed by atoms with Gasteiger partial charge in [0.05, 0.1) is 16.7 Å². The van der Waals surface area contributed by atoms with Crippen molar-refractivity contribution in [2.24, 2.45) is 0 Å². The number of benzene rings is 1. The molecule has 0 bridgehead atoms. The average molecular weight is 293 g/mol. The molecule has 0 saturated carbocycles. The minimum atomic E-state index is -4.47. The van der Waals surface area contributed by atoms with Crippen molar-refractivity contribution >= 4 is 17.5 Å². The zero-order valence-corrected chi connectivity index (χ0v) is 10.2. The maximum Gasteiger partial charge on any atom is 0.405 e. The molecule has 0 heterocycles.